The molecule has 0 spiro atoms. The zero-order valence-corrected chi connectivity index (χ0v) is 20.5. The molecule has 0 saturated carbocycles. The average molecular weight is 544 g/mol. The predicted octanol–water partition coefficient (Wildman–Crippen LogP) is 2.22. The molecule has 172 valence electrons. The fraction of sp³-hybridized carbons (Fsp3) is 0.300. The van der Waals surface area contributed by atoms with Gasteiger partial charge in [0.1, 0.15) is 6.04 Å². The van der Waals surface area contributed by atoms with Crippen molar-refractivity contribution in [1.29, 1.82) is 0 Å². The summed E-state index contributed by atoms with van der Waals surface area (Å²) in [5.74, 6) is -1.28. The van der Waals surface area contributed by atoms with Crippen LogP contribution in [0.1, 0.15) is 26.7 Å². The molecule has 1 aliphatic heterocycles. The molecule has 2 aromatic rings. The largest absolute Gasteiger partial charge is 0.274 e. The van der Waals surface area contributed by atoms with Crippen LogP contribution in [0, 0.1) is 0 Å². The molecule has 32 heavy (non-hydrogen) atoms. The van der Waals surface area contributed by atoms with Crippen LogP contribution in [0.5, 0.6) is 0 Å². The molecule has 0 aromatic heterocycles. The Morgan fingerprint density at radius 2 is 1.56 bits per heavy atom. The summed E-state index contributed by atoms with van der Waals surface area (Å²) < 4.78 is 51.6. The number of amides is 2. The van der Waals surface area contributed by atoms with Gasteiger partial charge < -0.3 is 0 Å². The van der Waals surface area contributed by atoms with Gasteiger partial charge in [-0.25, -0.2) is 26.9 Å². The van der Waals surface area contributed by atoms with Crippen LogP contribution in [0.15, 0.2) is 62.8 Å². The smallest absolute Gasteiger partial charge is 0.252 e. The Balaban J connectivity index is 2.00. The van der Waals surface area contributed by atoms with Crippen molar-refractivity contribution in [2.75, 3.05) is 4.90 Å². The van der Waals surface area contributed by atoms with E-state index in [2.05, 4.69) is 15.9 Å². The van der Waals surface area contributed by atoms with Crippen molar-refractivity contribution >= 4 is 53.5 Å². The van der Waals surface area contributed by atoms with Crippen LogP contribution < -0.4 is 10.0 Å². The molecular formula is C20H22BrN3O6S2. The molecule has 1 saturated heterocycles. The number of carbonyl (C=O) groups excluding carboxylic acids is 2. The zero-order valence-electron chi connectivity index (χ0n) is 17.3. The number of primary sulfonamides is 1. The van der Waals surface area contributed by atoms with Crippen LogP contribution in [0.4, 0.5) is 5.69 Å². The Kier molecular flexibility index (Phi) is 6.91. The van der Waals surface area contributed by atoms with E-state index in [1.807, 2.05) is 0 Å². The normalized spacial score (nSPS) is 18.4. The quantitative estimate of drug-likeness (QED) is 0.532. The van der Waals surface area contributed by atoms with E-state index in [1.165, 1.54) is 36.4 Å². The van der Waals surface area contributed by atoms with Gasteiger partial charge in [0.2, 0.25) is 26.0 Å². The molecule has 1 aliphatic rings. The third-order valence-electron chi connectivity index (χ3n) is 5.27. The van der Waals surface area contributed by atoms with E-state index in [0.717, 1.165) is 9.21 Å². The van der Waals surface area contributed by atoms with Crippen molar-refractivity contribution in [3.05, 3.63) is 53.0 Å². The molecule has 0 aliphatic carbocycles. The predicted molar refractivity (Wildman–Crippen MR) is 122 cm³/mol. The molecule has 2 atom stereocenters. The minimum absolute atomic E-state index is 0.0113. The second kappa shape index (κ2) is 9.02. The second-order valence-electron chi connectivity index (χ2n) is 7.37. The lowest BCUT2D eigenvalue weighted by atomic mass is 10.2. The first-order valence-corrected chi connectivity index (χ1v) is 13.4. The highest BCUT2D eigenvalue weighted by Crippen LogP contribution is 2.32. The number of nitrogens with two attached hydrogens (primary N) is 1. The van der Waals surface area contributed by atoms with Crippen LogP contribution in [0.25, 0.3) is 0 Å². The maximum absolute atomic E-state index is 13.4. The standard InChI is InChI=1S/C20H22BrN3O6S2/c1-3-13(2)24(32(29,30)17-8-4-14(21)5-9-17)18-12-19(25)23(20(18)26)15-6-10-16(11-7-15)31(22,27)28/h4-11,13,18H,3,12H2,1-2H3,(H2,22,27,28). The first-order valence-electron chi connectivity index (χ1n) is 9.66. The van der Waals surface area contributed by atoms with E-state index < -0.39 is 43.9 Å². The molecule has 0 radical (unpaired) electrons. The minimum Gasteiger partial charge on any atom is -0.274 e. The van der Waals surface area contributed by atoms with Crippen molar-refractivity contribution < 1.29 is 26.4 Å². The van der Waals surface area contributed by atoms with Gasteiger partial charge in [-0.1, -0.05) is 22.9 Å². The third kappa shape index (κ3) is 4.64. The molecule has 2 N–H and O–H groups in total. The van der Waals surface area contributed by atoms with Crippen LogP contribution in [-0.4, -0.2) is 45.0 Å². The molecule has 9 nitrogen and oxygen atoms in total. The van der Waals surface area contributed by atoms with Crippen molar-refractivity contribution in [2.45, 2.75) is 48.6 Å². The van der Waals surface area contributed by atoms with Gasteiger partial charge in [0, 0.05) is 10.5 Å². The minimum atomic E-state index is -4.08. The maximum atomic E-state index is 13.4. The first-order chi connectivity index (χ1) is 14.9. The van der Waals surface area contributed by atoms with E-state index in [9.17, 15) is 26.4 Å². The van der Waals surface area contributed by atoms with E-state index in [0.29, 0.717) is 10.9 Å². The fourth-order valence-electron chi connectivity index (χ4n) is 3.49. The zero-order chi connectivity index (χ0) is 23.8. The van der Waals surface area contributed by atoms with E-state index in [1.54, 1.807) is 26.0 Å². The molecule has 12 heteroatoms. The second-order valence-corrected chi connectivity index (χ2v) is 11.7. The van der Waals surface area contributed by atoms with Crippen molar-refractivity contribution in [3.63, 3.8) is 0 Å². The monoisotopic (exact) mass is 543 g/mol. The molecule has 2 amide bonds. The summed E-state index contributed by atoms with van der Waals surface area (Å²) >= 11 is 3.27. The lowest BCUT2D eigenvalue weighted by molar-refractivity contribution is -0.122. The van der Waals surface area contributed by atoms with Gasteiger partial charge in [-0.2, -0.15) is 4.31 Å². The van der Waals surface area contributed by atoms with Crippen LogP contribution >= 0.6 is 15.9 Å². The number of sulfonamides is 2. The molecule has 1 heterocycles. The Morgan fingerprint density at radius 1 is 1.03 bits per heavy atom. The van der Waals surface area contributed by atoms with Gasteiger partial charge in [0.25, 0.3) is 5.91 Å². The topological polar surface area (TPSA) is 135 Å². The lowest BCUT2D eigenvalue weighted by Gasteiger charge is -2.31. The number of hydrogen-bond donors (Lipinski definition) is 1. The number of anilines is 1. The molecular weight excluding hydrogens is 522 g/mol. The summed E-state index contributed by atoms with van der Waals surface area (Å²) in [5.41, 5.74) is 0.139. The van der Waals surface area contributed by atoms with Crippen molar-refractivity contribution in [3.8, 4) is 0 Å². The Hall–Kier alpha value is -2.12. The Labute approximate surface area is 195 Å². The number of nitrogens with zero attached hydrogens (tertiary/aromatic N) is 2. The van der Waals surface area contributed by atoms with Gasteiger partial charge >= 0.3 is 0 Å². The Bertz CT molecular complexity index is 1250. The average Bonchev–Trinajstić information content (AvgIpc) is 3.01. The summed E-state index contributed by atoms with van der Waals surface area (Å²) in [6, 6.07) is 9.21. The van der Waals surface area contributed by atoms with Gasteiger partial charge in [-0.3, -0.25) is 9.59 Å². The van der Waals surface area contributed by atoms with Crippen LogP contribution in [-0.2, 0) is 29.6 Å². The van der Waals surface area contributed by atoms with Gasteiger partial charge in [0.05, 0.1) is 21.9 Å². The molecule has 3 rings (SSSR count). The van der Waals surface area contributed by atoms with E-state index in [4.69, 9.17) is 5.14 Å². The van der Waals surface area contributed by atoms with E-state index in [-0.39, 0.29) is 21.9 Å². The molecule has 2 aromatic carbocycles. The summed E-state index contributed by atoms with van der Waals surface area (Å²) in [7, 11) is -8.03. The number of benzene rings is 2. The SMILES string of the molecule is CCC(C)N(C1CC(=O)N(c2ccc(S(N)(=O)=O)cc2)C1=O)S(=O)(=O)c1ccc(Br)cc1. The van der Waals surface area contributed by atoms with Crippen LogP contribution in [0.2, 0.25) is 0 Å². The number of hydrogen-bond acceptors (Lipinski definition) is 6. The third-order valence-corrected chi connectivity index (χ3v) is 8.76. The highest BCUT2D eigenvalue weighted by atomic mass is 79.9. The number of halogens is 1. The van der Waals surface area contributed by atoms with Crippen LogP contribution in [0.3, 0.4) is 0 Å². The molecule has 2 unspecified atom stereocenters. The number of imide groups is 1. The van der Waals surface area contributed by atoms with Crippen molar-refractivity contribution in [2.24, 2.45) is 5.14 Å². The molecule has 0 bridgehead atoms. The molecule has 1 fully saturated rings. The van der Waals surface area contributed by atoms with Gasteiger partial charge in [0.15, 0.2) is 0 Å². The number of rotatable bonds is 7. The highest BCUT2D eigenvalue weighted by molar-refractivity contribution is 9.10. The lowest BCUT2D eigenvalue weighted by Crippen LogP contribution is -2.49. The number of carbonyl (C=O) groups is 2. The van der Waals surface area contributed by atoms with Gasteiger partial charge in [-0.05, 0) is 61.9 Å². The summed E-state index contributed by atoms with van der Waals surface area (Å²) in [4.78, 5) is 26.7. The van der Waals surface area contributed by atoms with Gasteiger partial charge in [-0.15, -0.1) is 0 Å². The fourth-order valence-corrected chi connectivity index (χ4v) is 6.12. The highest BCUT2D eigenvalue weighted by Gasteiger charge is 2.48. The van der Waals surface area contributed by atoms with E-state index >= 15 is 0 Å². The Morgan fingerprint density at radius 3 is 2.06 bits per heavy atom. The first kappa shape index (κ1) is 24.5. The van der Waals surface area contributed by atoms with Crippen molar-refractivity contribution in [1.82, 2.24) is 4.31 Å². The summed E-state index contributed by atoms with van der Waals surface area (Å²) in [5, 5.41) is 5.09. The summed E-state index contributed by atoms with van der Waals surface area (Å²) in [6.07, 6.45) is 0.104. The maximum Gasteiger partial charge on any atom is 0.252 e. The summed E-state index contributed by atoms with van der Waals surface area (Å²) in [6.45, 7) is 3.47.